The van der Waals surface area contributed by atoms with Crippen LogP contribution in [0.15, 0.2) is 108 Å². The number of hydrogen-bond acceptors (Lipinski definition) is 9. The molecule has 2 atom stereocenters. The van der Waals surface area contributed by atoms with Crippen LogP contribution in [0.2, 0.25) is 5.02 Å². The summed E-state index contributed by atoms with van der Waals surface area (Å²) in [7, 11) is 0. The van der Waals surface area contributed by atoms with Gasteiger partial charge in [-0.3, -0.25) is 19.4 Å². The topological polar surface area (TPSA) is 86.4 Å². The molecule has 0 bridgehead atoms. The highest BCUT2D eigenvalue weighted by Crippen LogP contribution is 2.40. The Labute approximate surface area is 359 Å². The summed E-state index contributed by atoms with van der Waals surface area (Å²) in [6.07, 6.45) is 3.43. The smallest absolute Gasteiger partial charge is 0.293 e. The molecule has 11 heteroatoms. The van der Waals surface area contributed by atoms with Crippen LogP contribution in [0, 0.1) is 6.92 Å². The average molecular weight is 837 g/mol. The number of piperazine rings is 1. The summed E-state index contributed by atoms with van der Waals surface area (Å²) in [5.41, 5.74) is 8.52. The highest BCUT2D eigenvalue weighted by molar-refractivity contribution is 7.99. The molecule has 2 saturated heterocycles. The van der Waals surface area contributed by atoms with Gasteiger partial charge in [0.05, 0.1) is 13.2 Å². The van der Waals surface area contributed by atoms with Crippen molar-refractivity contribution in [1.29, 1.82) is 0 Å². The predicted octanol–water partition coefficient (Wildman–Crippen LogP) is 8.56. The summed E-state index contributed by atoms with van der Waals surface area (Å²) >= 11 is 8.10. The van der Waals surface area contributed by atoms with Crippen LogP contribution >= 0.6 is 23.4 Å². The van der Waals surface area contributed by atoms with E-state index in [4.69, 9.17) is 21.1 Å². The lowest BCUT2D eigenvalue weighted by Gasteiger charge is -2.40. The molecule has 1 unspecified atom stereocenters. The number of thioether (sulfide) groups is 1. The summed E-state index contributed by atoms with van der Waals surface area (Å²) in [5.74, 6) is 0.899. The van der Waals surface area contributed by atoms with E-state index in [1.165, 1.54) is 27.2 Å². The van der Waals surface area contributed by atoms with Crippen molar-refractivity contribution in [2.75, 3.05) is 81.5 Å². The van der Waals surface area contributed by atoms with Crippen LogP contribution in [-0.4, -0.2) is 105 Å². The van der Waals surface area contributed by atoms with Crippen molar-refractivity contribution in [2.45, 2.75) is 62.6 Å². The largest absolute Gasteiger partial charge is 0.461 e. The standard InChI is InChI=1S/C48H58ClN5O4S/c1-36-30-37(8-17-46(36)51-42(19-21-52-26-28-57-29-27-52)34-59-44-6-4-3-5-7-44)32-50-47(56)39-11-15-43(16-12-39)54-24-22-53(23-25-54)33-40-31-48(2,58-35-55)20-18-45(40)38-9-13-41(49)14-10-38/h3-17,30,35,42,51H,18-29,31-34H2,1-2H3,(H,50,56)/t42-,48?/m1/s1. The van der Waals surface area contributed by atoms with Gasteiger partial charge < -0.3 is 25.0 Å². The SMILES string of the molecule is Cc1cc(CNC(=O)c2ccc(N3CCN(CC4=C(c5ccc(Cl)cc5)CCC(C)(OC=O)C4)CC3)cc2)ccc1N[C@H](CCN1CCOCC1)CSc1ccccc1. The molecule has 1 aliphatic carbocycles. The number of allylic oxidation sites excluding steroid dienone is 1. The number of nitrogens with one attached hydrogen (secondary N) is 2. The van der Waals surface area contributed by atoms with E-state index >= 15 is 0 Å². The number of carbonyl (C=O) groups is 2. The van der Waals surface area contributed by atoms with Crippen LogP contribution in [0.1, 0.15) is 59.7 Å². The number of anilines is 2. The number of hydrogen-bond donors (Lipinski definition) is 2. The van der Waals surface area contributed by atoms with Crippen LogP contribution in [0.5, 0.6) is 0 Å². The van der Waals surface area contributed by atoms with E-state index in [-0.39, 0.29) is 5.91 Å². The molecular formula is C48H58ClN5O4S. The predicted molar refractivity (Wildman–Crippen MR) is 242 cm³/mol. The Kier molecular flexibility index (Phi) is 15.1. The highest BCUT2D eigenvalue weighted by Gasteiger charge is 2.34. The molecule has 2 N–H and O–H groups in total. The van der Waals surface area contributed by atoms with Crippen molar-refractivity contribution in [3.05, 3.63) is 130 Å². The van der Waals surface area contributed by atoms with Gasteiger partial charge in [0.1, 0.15) is 5.60 Å². The third-order valence-electron chi connectivity index (χ3n) is 11.9. The third-order valence-corrected chi connectivity index (χ3v) is 13.3. The van der Waals surface area contributed by atoms with Crippen molar-refractivity contribution >= 4 is 52.7 Å². The molecule has 2 aliphatic heterocycles. The molecule has 0 radical (unpaired) electrons. The van der Waals surface area contributed by atoms with E-state index in [1.54, 1.807) is 0 Å². The van der Waals surface area contributed by atoms with Crippen molar-refractivity contribution in [3.8, 4) is 0 Å². The van der Waals surface area contributed by atoms with Crippen LogP contribution in [-0.2, 0) is 20.8 Å². The Morgan fingerprint density at radius 3 is 2.39 bits per heavy atom. The number of morpholine rings is 1. The van der Waals surface area contributed by atoms with Gasteiger partial charge in [0.2, 0.25) is 0 Å². The van der Waals surface area contributed by atoms with Crippen LogP contribution in [0.25, 0.3) is 5.57 Å². The minimum absolute atomic E-state index is 0.0786. The van der Waals surface area contributed by atoms with Crippen molar-refractivity contribution < 1.29 is 19.1 Å². The number of halogens is 1. The zero-order chi connectivity index (χ0) is 41.0. The minimum Gasteiger partial charge on any atom is -0.461 e. The zero-order valence-corrected chi connectivity index (χ0v) is 36.0. The van der Waals surface area contributed by atoms with Gasteiger partial charge >= 0.3 is 0 Å². The fourth-order valence-electron chi connectivity index (χ4n) is 8.41. The van der Waals surface area contributed by atoms with Crippen LogP contribution < -0.4 is 15.5 Å². The molecular weight excluding hydrogens is 778 g/mol. The van der Waals surface area contributed by atoms with Crippen molar-refractivity contribution in [2.24, 2.45) is 0 Å². The molecule has 7 rings (SSSR count). The van der Waals surface area contributed by atoms with Gasteiger partial charge in [0, 0.05) is 104 Å². The lowest BCUT2D eigenvalue weighted by atomic mass is 9.79. The first-order valence-electron chi connectivity index (χ1n) is 21.0. The lowest BCUT2D eigenvalue weighted by molar-refractivity contribution is -0.142. The van der Waals surface area contributed by atoms with Gasteiger partial charge in [-0.15, -0.1) is 11.8 Å². The third kappa shape index (κ3) is 12.1. The number of amides is 1. The second-order valence-corrected chi connectivity index (χ2v) is 17.8. The van der Waals surface area contributed by atoms with Gasteiger partial charge in [-0.05, 0) is 116 Å². The Hall–Kier alpha value is -4.32. The molecule has 1 amide bonds. The lowest BCUT2D eigenvalue weighted by Crippen LogP contribution is -2.47. The van der Waals surface area contributed by atoms with E-state index in [2.05, 4.69) is 105 Å². The number of ether oxygens (including phenoxy) is 2. The molecule has 59 heavy (non-hydrogen) atoms. The molecule has 9 nitrogen and oxygen atoms in total. The number of nitrogens with zero attached hydrogens (tertiary/aromatic N) is 3. The molecule has 0 aromatic heterocycles. The first-order valence-corrected chi connectivity index (χ1v) is 22.4. The molecule has 0 saturated carbocycles. The van der Waals surface area contributed by atoms with E-state index in [9.17, 15) is 9.59 Å². The first kappa shape index (κ1) is 42.8. The zero-order valence-electron chi connectivity index (χ0n) is 34.5. The Bertz CT molecular complexity index is 2020. The number of rotatable bonds is 17. The Morgan fingerprint density at radius 2 is 1.68 bits per heavy atom. The van der Waals surface area contributed by atoms with Crippen molar-refractivity contribution in [3.63, 3.8) is 0 Å². The van der Waals surface area contributed by atoms with Crippen molar-refractivity contribution in [1.82, 2.24) is 15.1 Å². The molecule has 0 spiro atoms. The minimum atomic E-state index is -0.487. The van der Waals surface area contributed by atoms with Gasteiger partial charge in [0.15, 0.2) is 0 Å². The van der Waals surface area contributed by atoms with E-state index in [0.717, 1.165) is 119 Å². The first-order chi connectivity index (χ1) is 28.7. The van der Waals surface area contributed by atoms with Gasteiger partial charge in [0.25, 0.3) is 12.4 Å². The second-order valence-electron chi connectivity index (χ2n) is 16.3. The highest BCUT2D eigenvalue weighted by atomic mass is 35.5. The summed E-state index contributed by atoms with van der Waals surface area (Å²) in [5, 5.41) is 7.71. The second kappa shape index (κ2) is 20.8. The van der Waals surface area contributed by atoms with Crippen LogP contribution in [0.3, 0.4) is 0 Å². The number of benzene rings is 4. The Morgan fingerprint density at radius 1 is 0.932 bits per heavy atom. The normalized spacial score (nSPS) is 19.6. The fraction of sp³-hybridized carbons (Fsp3) is 0.417. The average Bonchev–Trinajstić information content (AvgIpc) is 3.26. The Balaban J connectivity index is 0.897. The maximum absolute atomic E-state index is 13.3. The summed E-state index contributed by atoms with van der Waals surface area (Å²) in [4.78, 5) is 33.3. The summed E-state index contributed by atoms with van der Waals surface area (Å²) in [6.45, 7) is 14.3. The molecule has 2 heterocycles. The number of carbonyl (C=O) groups excluding carboxylic acids is 2. The maximum atomic E-state index is 13.3. The van der Waals surface area contributed by atoms with Crippen LogP contribution in [0.4, 0.5) is 11.4 Å². The maximum Gasteiger partial charge on any atom is 0.293 e. The summed E-state index contributed by atoms with van der Waals surface area (Å²) < 4.78 is 11.2. The molecule has 4 aromatic rings. The number of aryl methyl sites for hydroxylation is 1. The quantitative estimate of drug-likeness (QED) is 0.0803. The van der Waals surface area contributed by atoms with E-state index in [0.29, 0.717) is 24.6 Å². The van der Waals surface area contributed by atoms with Gasteiger partial charge in [-0.2, -0.15) is 0 Å². The molecule has 2 fully saturated rings. The van der Waals surface area contributed by atoms with E-state index < -0.39 is 5.60 Å². The summed E-state index contributed by atoms with van der Waals surface area (Å²) in [6, 6.07) is 33.4. The molecule has 312 valence electrons. The molecule has 3 aliphatic rings. The molecule has 4 aromatic carbocycles. The van der Waals surface area contributed by atoms with Gasteiger partial charge in [-0.1, -0.05) is 54.1 Å². The monoisotopic (exact) mass is 835 g/mol. The fourth-order valence-corrected chi connectivity index (χ4v) is 9.53. The van der Waals surface area contributed by atoms with E-state index in [1.807, 2.05) is 43.0 Å². The van der Waals surface area contributed by atoms with Gasteiger partial charge in [-0.25, -0.2) is 0 Å².